The van der Waals surface area contributed by atoms with Gasteiger partial charge in [-0.05, 0) is 59.4 Å². The second-order valence-electron chi connectivity index (χ2n) is 8.12. The Balaban J connectivity index is 2.05. The van der Waals surface area contributed by atoms with Crippen molar-refractivity contribution in [3.63, 3.8) is 0 Å². The van der Waals surface area contributed by atoms with Crippen molar-refractivity contribution in [2.24, 2.45) is 5.92 Å². The number of carbonyl (C=O) groups is 1. The second-order valence-corrected chi connectivity index (χ2v) is 8.53. The van der Waals surface area contributed by atoms with Gasteiger partial charge in [0.25, 0.3) is 5.91 Å². The molecule has 0 heterocycles. The molecule has 0 saturated carbocycles. The van der Waals surface area contributed by atoms with Crippen LogP contribution in [0.1, 0.15) is 50.5 Å². The number of benzene rings is 2. The van der Waals surface area contributed by atoms with E-state index in [2.05, 4.69) is 45.3 Å². The van der Waals surface area contributed by atoms with Gasteiger partial charge in [0.05, 0.1) is 12.3 Å². The molecule has 0 bridgehead atoms. The van der Waals surface area contributed by atoms with E-state index in [1.165, 1.54) is 0 Å². The summed E-state index contributed by atoms with van der Waals surface area (Å²) in [5.41, 5.74) is 1.85. The molecule has 0 aliphatic rings. The molecule has 0 atom stereocenters. The van der Waals surface area contributed by atoms with Gasteiger partial charge in [-0.25, -0.2) is 0 Å². The van der Waals surface area contributed by atoms with Crippen molar-refractivity contribution in [1.29, 1.82) is 0 Å². The maximum Gasteiger partial charge on any atom is 0.257 e. The van der Waals surface area contributed by atoms with Gasteiger partial charge in [-0.15, -0.1) is 0 Å². The van der Waals surface area contributed by atoms with Crippen molar-refractivity contribution in [2.75, 3.05) is 11.9 Å². The van der Waals surface area contributed by atoms with Gasteiger partial charge in [-0.2, -0.15) is 0 Å². The van der Waals surface area contributed by atoms with Gasteiger partial charge < -0.3 is 15.2 Å². The molecule has 0 saturated heterocycles. The fraction of sp³-hybridized carbons (Fsp3) is 0.364. The van der Waals surface area contributed by atoms with E-state index in [1.54, 1.807) is 24.3 Å². The van der Waals surface area contributed by atoms with E-state index in [-0.39, 0.29) is 22.2 Å². The normalized spacial score (nSPS) is 11.2. The number of amides is 1. The highest BCUT2D eigenvalue weighted by Gasteiger charge is 2.16. The molecule has 3 N–H and O–H groups in total. The van der Waals surface area contributed by atoms with Crippen molar-refractivity contribution in [1.82, 2.24) is 5.32 Å². The zero-order valence-electron chi connectivity index (χ0n) is 17.0. The summed E-state index contributed by atoms with van der Waals surface area (Å²) in [4.78, 5) is 12.5. The van der Waals surface area contributed by atoms with Gasteiger partial charge in [0.2, 0.25) is 0 Å². The molecule has 6 heteroatoms. The van der Waals surface area contributed by atoms with Gasteiger partial charge >= 0.3 is 0 Å². The maximum atomic E-state index is 12.5. The lowest BCUT2D eigenvalue weighted by molar-refractivity contribution is 0.0977. The quantitative estimate of drug-likeness (QED) is 0.494. The van der Waals surface area contributed by atoms with Crippen LogP contribution in [0, 0.1) is 5.92 Å². The van der Waals surface area contributed by atoms with Crippen molar-refractivity contribution in [2.45, 2.75) is 40.0 Å². The molecule has 0 spiro atoms. The summed E-state index contributed by atoms with van der Waals surface area (Å²) in [7, 11) is 0. The summed E-state index contributed by atoms with van der Waals surface area (Å²) < 4.78 is 5.66. The van der Waals surface area contributed by atoms with E-state index in [1.807, 2.05) is 18.2 Å². The van der Waals surface area contributed by atoms with E-state index in [0.717, 1.165) is 5.56 Å². The average molecular weight is 401 g/mol. The Hall–Kier alpha value is -2.60. The van der Waals surface area contributed by atoms with Crippen LogP contribution in [0.4, 0.5) is 5.69 Å². The van der Waals surface area contributed by atoms with E-state index >= 15 is 0 Å². The Kier molecular flexibility index (Phi) is 7.02. The van der Waals surface area contributed by atoms with Crippen LogP contribution in [0.3, 0.4) is 0 Å². The van der Waals surface area contributed by atoms with Crippen LogP contribution in [0.5, 0.6) is 11.5 Å². The van der Waals surface area contributed by atoms with Crippen molar-refractivity contribution in [3.05, 3.63) is 53.6 Å². The van der Waals surface area contributed by atoms with E-state index in [4.69, 9.17) is 17.0 Å². The summed E-state index contributed by atoms with van der Waals surface area (Å²) in [6, 6.07) is 12.3. The number of hydrogen-bond donors (Lipinski definition) is 3. The van der Waals surface area contributed by atoms with E-state index < -0.39 is 0 Å². The third kappa shape index (κ3) is 6.23. The summed E-state index contributed by atoms with van der Waals surface area (Å²) in [5, 5.41) is 15.7. The number of phenols is 1. The molecular formula is C22H28N2O3S. The molecule has 5 nitrogen and oxygen atoms in total. The molecule has 0 aliphatic carbocycles. The molecule has 0 radical (unpaired) electrons. The van der Waals surface area contributed by atoms with Gasteiger partial charge in [0, 0.05) is 5.56 Å². The monoisotopic (exact) mass is 400 g/mol. The summed E-state index contributed by atoms with van der Waals surface area (Å²) >= 11 is 5.24. The number of anilines is 1. The Morgan fingerprint density at radius 2 is 1.89 bits per heavy atom. The highest BCUT2D eigenvalue weighted by molar-refractivity contribution is 7.80. The first kappa shape index (κ1) is 21.7. The van der Waals surface area contributed by atoms with Crippen LogP contribution >= 0.6 is 12.2 Å². The van der Waals surface area contributed by atoms with Crippen LogP contribution in [-0.4, -0.2) is 22.7 Å². The number of rotatable bonds is 5. The summed E-state index contributed by atoms with van der Waals surface area (Å²) in [6.07, 6.45) is 0. The number of carbonyl (C=O) groups excluding carboxylic acids is 1. The SMILES string of the molecule is CC(C)COc1cccc(C(=O)NC(=S)Nc2cc(C(C)(C)C)ccc2O)c1. The first-order valence-electron chi connectivity index (χ1n) is 9.25. The fourth-order valence-electron chi connectivity index (χ4n) is 2.42. The maximum absolute atomic E-state index is 12.5. The smallest absolute Gasteiger partial charge is 0.257 e. The lowest BCUT2D eigenvalue weighted by Crippen LogP contribution is -2.34. The largest absolute Gasteiger partial charge is 0.506 e. The summed E-state index contributed by atoms with van der Waals surface area (Å²) in [6.45, 7) is 10.9. The fourth-order valence-corrected chi connectivity index (χ4v) is 2.62. The van der Waals surface area contributed by atoms with Gasteiger partial charge in [-0.1, -0.05) is 46.8 Å². The molecule has 2 aromatic rings. The minimum Gasteiger partial charge on any atom is -0.506 e. The Morgan fingerprint density at radius 3 is 2.54 bits per heavy atom. The third-order valence-electron chi connectivity index (χ3n) is 4.02. The van der Waals surface area contributed by atoms with Gasteiger partial charge in [0.15, 0.2) is 5.11 Å². The van der Waals surface area contributed by atoms with Crippen LogP contribution in [0.2, 0.25) is 0 Å². The summed E-state index contributed by atoms with van der Waals surface area (Å²) in [5.74, 6) is 0.745. The van der Waals surface area contributed by atoms with Crippen LogP contribution in [0.25, 0.3) is 0 Å². The number of nitrogens with one attached hydrogen (secondary N) is 2. The van der Waals surface area contributed by atoms with Crippen molar-refractivity contribution < 1.29 is 14.6 Å². The number of ether oxygens (including phenoxy) is 1. The minimum absolute atomic E-state index is 0.0636. The zero-order valence-corrected chi connectivity index (χ0v) is 17.8. The molecule has 2 aromatic carbocycles. The zero-order chi connectivity index (χ0) is 20.9. The first-order valence-corrected chi connectivity index (χ1v) is 9.66. The highest BCUT2D eigenvalue weighted by Crippen LogP contribution is 2.30. The molecule has 150 valence electrons. The lowest BCUT2D eigenvalue weighted by Gasteiger charge is -2.21. The molecule has 1 amide bonds. The molecule has 0 fully saturated rings. The molecule has 0 aromatic heterocycles. The standard InChI is InChI=1S/C22H28N2O3S/c1-14(2)13-27-17-8-6-7-15(11-17)20(26)24-21(28)23-18-12-16(22(3,4)5)9-10-19(18)25/h6-12,14,25H,13H2,1-5H3,(H2,23,24,26,28). The Bertz CT molecular complexity index is 857. The van der Waals surface area contributed by atoms with Gasteiger partial charge in [0.1, 0.15) is 11.5 Å². The lowest BCUT2D eigenvalue weighted by atomic mass is 9.87. The molecule has 28 heavy (non-hydrogen) atoms. The number of hydrogen-bond acceptors (Lipinski definition) is 4. The Labute approximate surface area is 172 Å². The third-order valence-corrected chi connectivity index (χ3v) is 4.22. The molecule has 0 unspecified atom stereocenters. The molecular weight excluding hydrogens is 372 g/mol. The average Bonchev–Trinajstić information content (AvgIpc) is 2.61. The predicted molar refractivity (Wildman–Crippen MR) is 117 cm³/mol. The topological polar surface area (TPSA) is 70.6 Å². The number of thiocarbonyl (C=S) groups is 1. The van der Waals surface area contributed by atoms with Gasteiger partial charge in [-0.3, -0.25) is 10.1 Å². The highest BCUT2D eigenvalue weighted by atomic mass is 32.1. The van der Waals surface area contributed by atoms with E-state index in [9.17, 15) is 9.90 Å². The van der Waals surface area contributed by atoms with Crippen molar-refractivity contribution >= 4 is 28.9 Å². The van der Waals surface area contributed by atoms with Crippen LogP contribution in [0.15, 0.2) is 42.5 Å². The first-order chi connectivity index (χ1) is 13.1. The predicted octanol–water partition coefficient (Wildman–Crippen LogP) is 4.85. The van der Waals surface area contributed by atoms with Crippen LogP contribution < -0.4 is 15.4 Å². The second kappa shape index (κ2) is 9.06. The number of phenolic OH excluding ortho intramolecular Hbond substituents is 1. The Morgan fingerprint density at radius 1 is 1.18 bits per heavy atom. The molecule has 0 aliphatic heterocycles. The minimum atomic E-state index is -0.348. The van der Waals surface area contributed by atoms with Crippen molar-refractivity contribution in [3.8, 4) is 11.5 Å². The van der Waals surface area contributed by atoms with Crippen LogP contribution in [-0.2, 0) is 5.41 Å². The molecule has 2 rings (SSSR count). The van der Waals surface area contributed by atoms with E-state index in [0.29, 0.717) is 29.5 Å². The number of aromatic hydroxyl groups is 1.